The minimum absolute atomic E-state index is 0.333. The molecule has 0 atom stereocenters. The Balaban J connectivity index is 1.92. The van der Waals surface area contributed by atoms with E-state index in [0.29, 0.717) is 10.6 Å². The van der Waals surface area contributed by atoms with Gasteiger partial charge in [-0.1, -0.05) is 24.3 Å². The molecule has 0 unspecified atom stereocenters. The van der Waals surface area contributed by atoms with Crippen LogP contribution in [0.15, 0.2) is 24.3 Å². The Labute approximate surface area is 133 Å². The predicted octanol–water partition coefficient (Wildman–Crippen LogP) is 2.22. The fourth-order valence-electron chi connectivity index (χ4n) is 2.66. The molecule has 1 aliphatic rings. The number of benzene rings is 1. The van der Waals surface area contributed by atoms with E-state index in [4.69, 9.17) is 0 Å². The minimum Gasteiger partial charge on any atom is -0.477 e. The first kappa shape index (κ1) is 15.1. The number of rotatable bonds is 4. The van der Waals surface area contributed by atoms with E-state index < -0.39 is 5.97 Å². The summed E-state index contributed by atoms with van der Waals surface area (Å²) in [5.41, 5.74) is 2.55. The summed E-state index contributed by atoms with van der Waals surface area (Å²) in [6.45, 7) is 6.60. The lowest BCUT2D eigenvalue weighted by molar-refractivity contribution is 0.0702. The van der Waals surface area contributed by atoms with Crippen LogP contribution >= 0.6 is 11.3 Å². The van der Waals surface area contributed by atoms with E-state index in [1.165, 1.54) is 11.3 Å². The second-order valence-corrected chi connectivity index (χ2v) is 6.52. The van der Waals surface area contributed by atoms with Crippen LogP contribution in [0.1, 0.15) is 20.2 Å². The van der Waals surface area contributed by atoms with Gasteiger partial charge < -0.3 is 10.4 Å². The highest BCUT2D eigenvalue weighted by molar-refractivity contribution is 7.14. The Hall–Kier alpha value is -1.76. The summed E-state index contributed by atoms with van der Waals surface area (Å²) >= 11 is 1.29. The number of carboxylic acid groups (broad SMARTS) is 1. The Morgan fingerprint density at radius 2 is 2.09 bits per heavy atom. The summed E-state index contributed by atoms with van der Waals surface area (Å²) in [4.78, 5) is 18.8. The van der Waals surface area contributed by atoms with Crippen molar-refractivity contribution in [3.8, 4) is 11.3 Å². The number of aryl methyl sites for hydroxylation is 1. The Kier molecular flexibility index (Phi) is 4.52. The van der Waals surface area contributed by atoms with Crippen LogP contribution < -0.4 is 5.32 Å². The zero-order chi connectivity index (χ0) is 15.5. The molecule has 1 aromatic heterocycles. The summed E-state index contributed by atoms with van der Waals surface area (Å²) in [7, 11) is 0. The van der Waals surface area contributed by atoms with Crippen LogP contribution in [0, 0.1) is 6.92 Å². The van der Waals surface area contributed by atoms with E-state index in [2.05, 4.69) is 15.2 Å². The molecule has 5 nitrogen and oxygen atoms in total. The van der Waals surface area contributed by atoms with Gasteiger partial charge in [0.15, 0.2) is 0 Å². The van der Waals surface area contributed by atoms with E-state index in [1.807, 2.05) is 31.2 Å². The van der Waals surface area contributed by atoms with Gasteiger partial charge in [0.1, 0.15) is 9.88 Å². The number of hydrogen-bond acceptors (Lipinski definition) is 5. The zero-order valence-electron chi connectivity index (χ0n) is 12.5. The number of carboxylic acids is 1. The quantitative estimate of drug-likeness (QED) is 0.905. The molecule has 1 saturated heterocycles. The van der Waals surface area contributed by atoms with E-state index in [1.54, 1.807) is 0 Å². The van der Waals surface area contributed by atoms with Gasteiger partial charge in [-0.05, 0) is 12.5 Å². The van der Waals surface area contributed by atoms with Crippen LogP contribution in [0.5, 0.6) is 0 Å². The molecule has 2 heterocycles. The van der Waals surface area contributed by atoms with Crippen molar-refractivity contribution in [2.24, 2.45) is 0 Å². The van der Waals surface area contributed by atoms with Crippen LogP contribution in [0.25, 0.3) is 11.3 Å². The maximum atomic E-state index is 11.6. The lowest BCUT2D eigenvalue weighted by Gasteiger charge is -2.26. The summed E-state index contributed by atoms with van der Waals surface area (Å²) in [6.07, 6.45) is 0. The van der Waals surface area contributed by atoms with Gasteiger partial charge in [0.25, 0.3) is 0 Å². The summed E-state index contributed by atoms with van der Waals surface area (Å²) < 4.78 is 0. The Morgan fingerprint density at radius 1 is 1.36 bits per heavy atom. The minimum atomic E-state index is -0.901. The van der Waals surface area contributed by atoms with Crippen molar-refractivity contribution in [2.45, 2.75) is 13.5 Å². The van der Waals surface area contributed by atoms with E-state index in [-0.39, 0.29) is 0 Å². The smallest absolute Gasteiger partial charge is 0.348 e. The van der Waals surface area contributed by atoms with Gasteiger partial charge in [0, 0.05) is 31.7 Å². The second-order valence-electron chi connectivity index (χ2n) is 5.43. The van der Waals surface area contributed by atoms with E-state index >= 15 is 0 Å². The second kappa shape index (κ2) is 6.56. The molecule has 0 spiro atoms. The van der Waals surface area contributed by atoms with Crippen molar-refractivity contribution in [1.82, 2.24) is 15.2 Å². The average Bonchev–Trinajstić information content (AvgIpc) is 2.92. The van der Waals surface area contributed by atoms with Gasteiger partial charge in [-0.2, -0.15) is 0 Å². The normalized spacial score (nSPS) is 15.9. The molecule has 22 heavy (non-hydrogen) atoms. The molecule has 0 aliphatic carbocycles. The van der Waals surface area contributed by atoms with Crippen LogP contribution in [-0.4, -0.2) is 47.1 Å². The van der Waals surface area contributed by atoms with E-state index in [0.717, 1.165) is 48.9 Å². The standard InChI is InChI=1S/C16H19N3O2S/c1-11-4-2-3-5-12(11)14-15(16(20)21)22-13(18-14)10-19-8-6-17-7-9-19/h2-5,17H,6-10H2,1H3,(H,20,21). The molecular formula is C16H19N3O2S. The van der Waals surface area contributed by atoms with Crippen LogP contribution in [0.4, 0.5) is 0 Å². The predicted molar refractivity (Wildman–Crippen MR) is 87.4 cm³/mol. The van der Waals surface area contributed by atoms with Gasteiger partial charge in [-0.15, -0.1) is 11.3 Å². The topological polar surface area (TPSA) is 65.5 Å². The lowest BCUT2D eigenvalue weighted by atomic mass is 10.1. The SMILES string of the molecule is Cc1ccccc1-c1nc(CN2CCNCC2)sc1C(=O)O. The number of aromatic carboxylic acids is 1. The highest BCUT2D eigenvalue weighted by Crippen LogP contribution is 2.31. The third-order valence-electron chi connectivity index (χ3n) is 3.83. The van der Waals surface area contributed by atoms with Crippen molar-refractivity contribution in [2.75, 3.05) is 26.2 Å². The van der Waals surface area contributed by atoms with Crippen LogP contribution in [0.2, 0.25) is 0 Å². The van der Waals surface area contributed by atoms with Gasteiger partial charge in [-0.25, -0.2) is 9.78 Å². The molecule has 3 rings (SSSR count). The number of hydrogen-bond donors (Lipinski definition) is 2. The molecule has 1 aromatic carbocycles. The lowest BCUT2D eigenvalue weighted by Crippen LogP contribution is -2.42. The van der Waals surface area contributed by atoms with Gasteiger partial charge in [0.2, 0.25) is 0 Å². The fourth-order valence-corrected chi connectivity index (χ4v) is 3.62. The fraction of sp³-hybridized carbons (Fsp3) is 0.375. The van der Waals surface area contributed by atoms with Crippen LogP contribution in [0.3, 0.4) is 0 Å². The maximum Gasteiger partial charge on any atom is 0.348 e. The molecule has 1 aliphatic heterocycles. The van der Waals surface area contributed by atoms with Crippen LogP contribution in [-0.2, 0) is 6.54 Å². The third kappa shape index (κ3) is 3.19. The van der Waals surface area contributed by atoms with Gasteiger partial charge in [-0.3, -0.25) is 4.90 Å². The molecule has 2 aromatic rings. The van der Waals surface area contributed by atoms with Crippen molar-refractivity contribution in [3.63, 3.8) is 0 Å². The highest BCUT2D eigenvalue weighted by Gasteiger charge is 2.21. The van der Waals surface area contributed by atoms with Gasteiger partial charge in [0.05, 0.1) is 12.2 Å². The first-order chi connectivity index (χ1) is 10.6. The number of nitrogens with one attached hydrogen (secondary N) is 1. The molecule has 1 fully saturated rings. The summed E-state index contributed by atoms with van der Waals surface area (Å²) in [6, 6.07) is 7.79. The van der Waals surface area contributed by atoms with Gasteiger partial charge >= 0.3 is 5.97 Å². The first-order valence-electron chi connectivity index (χ1n) is 7.37. The van der Waals surface area contributed by atoms with Crippen molar-refractivity contribution < 1.29 is 9.90 Å². The number of thiazole rings is 1. The monoisotopic (exact) mass is 317 g/mol. The molecule has 0 bridgehead atoms. The number of aromatic nitrogens is 1. The highest BCUT2D eigenvalue weighted by atomic mass is 32.1. The number of nitrogens with zero attached hydrogens (tertiary/aromatic N) is 2. The molecule has 0 radical (unpaired) electrons. The number of piperazine rings is 1. The molecule has 0 saturated carbocycles. The Morgan fingerprint density at radius 3 is 2.77 bits per heavy atom. The molecule has 2 N–H and O–H groups in total. The number of carbonyl (C=O) groups is 1. The zero-order valence-corrected chi connectivity index (χ0v) is 13.3. The third-order valence-corrected chi connectivity index (χ3v) is 4.86. The molecule has 0 amide bonds. The van der Waals surface area contributed by atoms with Crippen molar-refractivity contribution in [3.05, 3.63) is 39.7 Å². The molecule has 116 valence electrons. The molecular weight excluding hydrogens is 298 g/mol. The average molecular weight is 317 g/mol. The summed E-state index contributed by atoms with van der Waals surface area (Å²) in [5.74, 6) is -0.901. The largest absolute Gasteiger partial charge is 0.477 e. The van der Waals surface area contributed by atoms with Crippen molar-refractivity contribution in [1.29, 1.82) is 0 Å². The maximum absolute atomic E-state index is 11.6. The summed E-state index contributed by atoms with van der Waals surface area (Å²) in [5, 5.41) is 13.7. The Bertz CT molecular complexity index is 678. The first-order valence-corrected chi connectivity index (χ1v) is 8.19. The van der Waals surface area contributed by atoms with Crippen molar-refractivity contribution >= 4 is 17.3 Å². The molecule has 6 heteroatoms. The van der Waals surface area contributed by atoms with E-state index in [9.17, 15) is 9.90 Å².